The minimum atomic E-state index is 0.694. The van der Waals surface area contributed by atoms with E-state index in [1.165, 1.54) is 0 Å². The lowest BCUT2D eigenvalue weighted by atomic mass is 10.9. The minimum Gasteiger partial charge on any atom is -0.436 e. The van der Waals surface area contributed by atoms with E-state index in [0.29, 0.717) is 6.61 Å². The second-order valence-corrected chi connectivity index (χ2v) is 0.540. The van der Waals surface area contributed by atoms with Crippen LogP contribution < -0.4 is 0 Å². The van der Waals surface area contributed by atoms with Crippen LogP contribution in [0.4, 0.5) is 0 Å². The molecule has 1 N–H and O–H groups in total. The van der Waals surface area contributed by atoms with Gasteiger partial charge in [0.25, 0.3) is 0 Å². The van der Waals surface area contributed by atoms with Crippen LogP contribution in [0, 0.1) is 6.92 Å². The summed E-state index contributed by atoms with van der Waals surface area (Å²) >= 11 is 0. The predicted octanol–water partition coefficient (Wildman–Crippen LogP) is -0.0217. The third-order valence-electron chi connectivity index (χ3n) is 0.224. The number of aliphatic hydroxyl groups is 2. The molecule has 25 valence electrons. The van der Waals surface area contributed by atoms with Crippen molar-refractivity contribution in [2.24, 2.45) is 0 Å². The van der Waals surface area contributed by atoms with E-state index in [-0.39, 0.29) is 0 Å². The summed E-state index contributed by atoms with van der Waals surface area (Å²) in [5, 5.41) is 0. The van der Waals surface area contributed by atoms with Crippen LogP contribution in [0.5, 0.6) is 0 Å². The predicted molar refractivity (Wildman–Crippen MR) is 18.4 cm³/mol. The molecule has 0 heterocycles. The van der Waals surface area contributed by atoms with Crippen molar-refractivity contribution in [3.05, 3.63) is 6.92 Å². The molecule has 0 aromatic rings. The molecule has 0 aromatic carbocycles. The zero-order valence-electron chi connectivity index (χ0n) is 2.86. The van der Waals surface area contributed by atoms with Gasteiger partial charge in [0.15, 0.2) is 0 Å². The summed E-state index contributed by atoms with van der Waals surface area (Å²) in [4.78, 5) is 0. The first kappa shape index (κ1) is 3.96. The van der Waals surface area contributed by atoms with E-state index in [4.69, 9.17) is 0 Å². The van der Waals surface area contributed by atoms with Crippen LogP contribution in [0.3, 0.4) is 0 Å². The highest BCUT2D eigenvalue weighted by Crippen LogP contribution is 1.44. The molecule has 0 aliphatic carbocycles. The third-order valence-corrected chi connectivity index (χ3v) is 0.224. The summed E-state index contributed by atoms with van der Waals surface area (Å²) in [5.41, 5.74) is 0. The van der Waals surface area contributed by atoms with Gasteiger partial charge in [-0.25, -0.2) is 0 Å². The van der Waals surface area contributed by atoms with E-state index in [2.05, 4.69) is 11.7 Å². The Morgan fingerprint density at radius 1 is 2.00 bits per heavy atom. The maximum atomic E-state index is 3.62. The van der Waals surface area contributed by atoms with Crippen molar-refractivity contribution in [1.82, 2.24) is 0 Å². The van der Waals surface area contributed by atoms with E-state index in [9.17, 15) is 0 Å². The summed E-state index contributed by atoms with van der Waals surface area (Å²) < 4.78 is 3.62. The monoisotopic (exact) mass is 60.1 g/mol. The zero-order valence-corrected chi connectivity index (χ0v) is 2.86. The van der Waals surface area contributed by atoms with Crippen molar-refractivity contribution < 1.29 is 4.74 Å². The molecule has 1 radical (unpaired) electrons. The van der Waals surface area contributed by atoms with Crippen molar-refractivity contribution in [1.29, 1.82) is 0 Å². The molecule has 0 bridgehead atoms. The fraction of sp³-hybridized carbons (Fsp3) is 0.667. The fourth-order valence-electron chi connectivity index (χ4n) is 0. The van der Waals surface area contributed by atoms with Gasteiger partial charge in [-0.3, -0.25) is 0 Å². The highest BCUT2D eigenvalue weighted by atomic mass is 16.5. The summed E-state index contributed by atoms with van der Waals surface area (Å²) in [7, 11) is 1.74. The second kappa shape index (κ2) is 2.96. The standard InChI is InChI=1S/C3H7O/c1-3-4-2/h1,3H2,2H3/p+1. The van der Waals surface area contributed by atoms with Gasteiger partial charge in [0.1, 0.15) is 13.7 Å². The molecule has 0 spiro atoms. The van der Waals surface area contributed by atoms with E-state index in [1.54, 1.807) is 7.11 Å². The lowest BCUT2D eigenvalue weighted by Crippen LogP contribution is -1.82. The first-order chi connectivity index (χ1) is 1.91. The van der Waals surface area contributed by atoms with Gasteiger partial charge in [-0.15, -0.1) is 0 Å². The molecule has 0 aromatic heterocycles. The number of ether oxygens (including phenoxy) is 1. The lowest BCUT2D eigenvalue weighted by Gasteiger charge is -1.73. The first-order valence-electron chi connectivity index (χ1n) is 1.26. The van der Waals surface area contributed by atoms with Crippen molar-refractivity contribution >= 4 is 0 Å². The molecular formula is C3H8O+. The van der Waals surface area contributed by atoms with E-state index >= 15 is 0 Å². The van der Waals surface area contributed by atoms with Gasteiger partial charge >= 0.3 is 0 Å². The van der Waals surface area contributed by atoms with E-state index in [0.717, 1.165) is 0 Å². The Hall–Kier alpha value is -0.0400. The molecule has 0 amide bonds. The number of rotatable bonds is 1. The van der Waals surface area contributed by atoms with Gasteiger partial charge in [0.2, 0.25) is 0 Å². The normalized spacial score (nSPS) is 7.50. The van der Waals surface area contributed by atoms with Crippen LogP contribution in [0.2, 0.25) is 0 Å². The maximum absolute atomic E-state index is 3.62. The molecule has 1 heteroatoms. The van der Waals surface area contributed by atoms with E-state index < -0.39 is 0 Å². The van der Waals surface area contributed by atoms with Gasteiger partial charge in [0, 0.05) is 6.92 Å². The van der Waals surface area contributed by atoms with Gasteiger partial charge in [-0.05, 0) is 0 Å². The molecule has 1 nitrogen and oxygen atoms in total. The summed E-state index contributed by atoms with van der Waals surface area (Å²) in [6.45, 7) is 4.13. The fourth-order valence-corrected chi connectivity index (χ4v) is 0. The Morgan fingerprint density at radius 3 is 2.25 bits per heavy atom. The molecule has 0 unspecified atom stereocenters. The Kier molecular flexibility index (Phi) is 2.93. The highest BCUT2D eigenvalue weighted by molar-refractivity contribution is 4.19. The largest absolute Gasteiger partial charge is 0.436 e. The average Bonchev–Trinajstić information content (AvgIpc) is 1.37. The maximum Gasteiger partial charge on any atom is 0.144 e. The first-order valence-corrected chi connectivity index (χ1v) is 1.26. The van der Waals surface area contributed by atoms with Crippen molar-refractivity contribution in [2.45, 2.75) is 0 Å². The summed E-state index contributed by atoms with van der Waals surface area (Å²) in [6.07, 6.45) is 0. The lowest BCUT2D eigenvalue weighted by molar-refractivity contribution is 0.0394. The highest BCUT2D eigenvalue weighted by Gasteiger charge is 1.56. The number of hydrogen-bond donors (Lipinski definition) is 0. The van der Waals surface area contributed by atoms with Crippen molar-refractivity contribution in [2.75, 3.05) is 13.7 Å². The molecule has 4 heavy (non-hydrogen) atoms. The molecule has 0 fully saturated rings. The summed E-state index contributed by atoms with van der Waals surface area (Å²) in [6, 6.07) is 0. The minimum absolute atomic E-state index is 0.694. The molecule has 0 saturated heterocycles. The Bertz CT molecular complexity index is 5.25. The SMILES string of the molecule is [CH2]C[OH+]C. The molecule has 0 atom stereocenters. The van der Waals surface area contributed by atoms with Gasteiger partial charge in [-0.2, -0.15) is 0 Å². The molecule has 0 rings (SSSR count). The van der Waals surface area contributed by atoms with Crippen LogP contribution >= 0.6 is 0 Å². The topological polar surface area (TPSA) is 12.8 Å². The smallest absolute Gasteiger partial charge is 0.144 e. The van der Waals surface area contributed by atoms with E-state index in [1.807, 2.05) is 0 Å². The molecule has 0 aliphatic heterocycles. The number of hydrogen-bond acceptors (Lipinski definition) is 0. The van der Waals surface area contributed by atoms with Crippen molar-refractivity contribution in [3.8, 4) is 0 Å². The molecule has 0 aliphatic rings. The molecule has 0 saturated carbocycles. The Morgan fingerprint density at radius 2 is 2.25 bits per heavy atom. The Balaban J connectivity index is 1.97. The van der Waals surface area contributed by atoms with Crippen LogP contribution in [0.15, 0.2) is 0 Å². The van der Waals surface area contributed by atoms with Gasteiger partial charge in [-0.1, -0.05) is 0 Å². The Labute approximate surface area is 26.6 Å². The zero-order chi connectivity index (χ0) is 3.41. The third kappa shape index (κ3) is 1.96. The summed E-state index contributed by atoms with van der Waals surface area (Å²) in [5.74, 6) is 0. The van der Waals surface area contributed by atoms with Crippen molar-refractivity contribution in [3.63, 3.8) is 0 Å². The van der Waals surface area contributed by atoms with Crippen LogP contribution in [-0.2, 0) is 0 Å². The second-order valence-electron chi connectivity index (χ2n) is 0.540. The molecular weight excluding hydrogens is 52.0 g/mol. The van der Waals surface area contributed by atoms with Crippen LogP contribution in [-0.4, -0.2) is 18.5 Å². The quantitative estimate of drug-likeness (QED) is 0.377. The van der Waals surface area contributed by atoms with Crippen LogP contribution in [0.1, 0.15) is 0 Å². The van der Waals surface area contributed by atoms with Crippen LogP contribution in [0.25, 0.3) is 0 Å². The van der Waals surface area contributed by atoms with Gasteiger partial charge < -0.3 is 4.74 Å². The average molecular weight is 60.1 g/mol. The van der Waals surface area contributed by atoms with Gasteiger partial charge in [0.05, 0.1) is 0 Å².